The van der Waals surface area contributed by atoms with Gasteiger partial charge in [0.2, 0.25) is 0 Å². The predicted octanol–water partition coefficient (Wildman–Crippen LogP) is 1.03. The number of aromatic nitrogens is 1. The minimum Gasteiger partial charge on any atom is -0.490 e. The molecular formula is C12H20N2O3. The van der Waals surface area contributed by atoms with Gasteiger partial charge in [0.25, 0.3) is 0 Å². The number of pyridine rings is 1. The van der Waals surface area contributed by atoms with Gasteiger partial charge in [-0.3, -0.25) is 0 Å². The van der Waals surface area contributed by atoms with E-state index in [-0.39, 0.29) is 13.2 Å². The molecule has 0 atom stereocenters. The van der Waals surface area contributed by atoms with Gasteiger partial charge in [-0.25, -0.2) is 4.98 Å². The molecule has 0 amide bonds. The van der Waals surface area contributed by atoms with Crippen molar-refractivity contribution in [2.75, 3.05) is 25.1 Å². The number of hydrogen-bond acceptors (Lipinski definition) is 5. The lowest BCUT2D eigenvalue weighted by Crippen LogP contribution is -2.45. The summed E-state index contributed by atoms with van der Waals surface area (Å²) in [5, 5.41) is 21.8. The summed E-state index contributed by atoms with van der Waals surface area (Å²) < 4.78 is 5.43. The number of anilines is 1. The molecular weight excluding hydrogens is 220 g/mol. The van der Waals surface area contributed by atoms with Crippen molar-refractivity contribution in [3.05, 3.63) is 18.3 Å². The third-order valence-electron chi connectivity index (χ3n) is 2.74. The van der Waals surface area contributed by atoms with Crippen LogP contribution in [0.1, 0.15) is 20.3 Å². The fraction of sp³-hybridized carbons (Fsp3) is 0.583. The van der Waals surface area contributed by atoms with E-state index in [1.807, 2.05) is 13.8 Å². The molecule has 0 saturated carbocycles. The standard InChI is InChI=1S/C12H20N2O3/c1-3-12(8-15,9-16)14-11-10(17-4-2)6-5-7-13-11/h5-7,15-16H,3-4,8-9H2,1-2H3,(H,13,14). The Bertz CT molecular complexity index is 332. The monoisotopic (exact) mass is 240 g/mol. The Kier molecular flexibility index (Phi) is 5.18. The highest BCUT2D eigenvalue weighted by Gasteiger charge is 2.27. The second-order valence-electron chi connectivity index (χ2n) is 3.86. The molecule has 0 aliphatic rings. The van der Waals surface area contributed by atoms with Gasteiger partial charge in [-0.15, -0.1) is 0 Å². The molecule has 0 aliphatic heterocycles. The molecule has 0 fully saturated rings. The number of nitrogens with zero attached hydrogens (tertiary/aromatic N) is 1. The van der Waals surface area contributed by atoms with Crippen LogP contribution in [0.25, 0.3) is 0 Å². The molecule has 0 aromatic carbocycles. The van der Waals surface area contributed by atoms with E-state index < -0.39 is 5.54 Å². The van der Waals surface area contributed by atoms with E-state index in [9.17, 15) is 10.2 Å². The number of aliphatic hydroxyl groups excluding tert-OH is 2. The summed E-state index contributed by atoms with van der Waals surface area (Å²) in [6.45, 7) is 3.99. The smallest absolute Gasteiger partial charge is 0.169 e. The van der Waals surface area contributed by atoms with Gasteiger partial charge in [-0.1, -0.05) is 6.92 Å². The third kappa shape index (κ3) is 3.31. The average Bonchev–Trinajstić information content (AvgIpc) is 2.38. The molecule has 0 unspecified atom stereocenters. The van der Waals surface area contributed by atoms with Crippen LogP contribution in [0.15, 0.2) is 18.3 Å². The number of aliphatic hydroxyl groups is 2. The lowest BCUT2D eigenvalue weighted by Gasteiger charge is -2.30. The molecule has 0 saturated heterocycles. The molecule has 0 radical (unpaired) electrons. The van der Waals surface area contributed by atoms with Crippen molar-refractivity contribution in [3.63, 3.8) is 0 Å². The maximum Gasteiger partial charge on any atom is 0.169 e. The van der Waals surface area contributed by atoms with E-state index in [0.29, 0.717) is 24.6 Å². The first-order valence-corrected chi connectivity index (χ1v) is 5.79. The highest BCUT2D eigenvalue weighted by molar-refractivity contribution is 5.51. The van der Waals surface area contributed by atoms with Crippen molar-refractivity contribution in [2.24, 2.45) is 0 Å². The van der Waals surface area contributed by atoms with Gasteiger partial charge in [0, 0.05) is 6.20 Å². The van der Waals surface area contributed by atoms with E-state index in [4.69, 9.17) is 4.74 Å². The number of rotatable bonds is 7. The van der Waals surface area contributed by atoms with Crippen molar-refractivity contribution in [1.82, 2.24) is 4.98 Å². The Balaban J connectivity index is 2.92. The van der Waals surface area contributed by atoms with Crippen molar-refractivity contribution in [3.8, 4) is 5.75 Å². The van der Waals surface area contributed by atoms with Crippen LogP contribution in [0.2, 0.25) is 0 Å². The number of ether oxygens (including phenoxy) is 1. The Morgan fingerprint density at radius 1 is 1.35 bits per heavy atom. The number of hydrogen-bond donors (Lipinski definition) is 3. The highest BCUT2D eigenvalue weighted by atomic mass is 16.5. The summed E-state index contributed by atoms with van der Waals surface area (Å²) in [4.78, 5) is 4.17. The van der Waals surface area contributed by atoms with Crippen LogP contribution in [-0.2, 0) is 0 Å². The highest BCUT2D eigenvalue weighted by Crippen LogP contribution is 2.25. The Morgan fingerprint density at radius 3 is 2.59 bits per heavy atom. The zero-order valence-corrected chi connectivity index (χ0v) is 10.3. The summed E-state index contributed by atoms with van der Waals surface area (Å²) in [5.74, 6) is 1.16. The largest absolute Gasteiger partial charge is 0.490 e. The minimum absolute atomic E-state index is 0.165. The maximum absolute atomic E-state index is 9.37. The van der Waals surface area contributed by atoms with Crippen molar-refractivity contribution < 1.29 is 14.9 Å². The predicted molar refractivity (Wildman–Crippen MR) is 66.2 cm³/mol. The molecule has 1 heterocycles. The second kappa shape index (κ2) is 6.42. The molecule has 3 N–H and O–H groups in total. The molecule has 5 heteroatoms. The van der Waals surface area contributed by atoms with Gasteiger partial charge >= 0.3 is 0 Å². The fourth-order valence-corrected chi connectivity index (χ4v) is 1.45. The van der Waals surface area contributed by atoms with Gasteiger partial charge in [0.1, 0.15) is 0 Å². The molecule has 0 bridgehead atoms. The normalized spacial score (nSPS) is 11.3. The lowest BCUT2D eigenvalue weighted by molar-refractivity contribution is 0.132. The third-order valence-corrected chi connectivity index (χ3v) is 2.74. The summed E-state index contributed by atoms with van der Waals surface area (Å²) in [6.07, 6.45) is 2.22. The molecule has 0 spiro atoms. The van der Waals surface area contributed by atoms with Crippen LogP contribution < -0.4 is 10.1 Å². The summed E-state index contributed by atoms with van der Waals surface area (Å²) in [7, 11) is 0. The Hall–Kier alpha value is -1.33. The molecule has 5 nitrogen and oxygen atoms in total. The summed E-state index contributed by atoms with van der Waals surface area (Å²) in [5.41, 5.74) is -0.764. The van der Waals surface area contributed by atoms with Crippen molar-refractivity contribution in [2.45, 2.75) is 25.8 Å². The SMILES string of the molecule is CCOc1cccnc1NC(CC)(CO)CO. The van der Waals surface area contributed by atoms with Crippen LogP contribution in [0.4, 0.5) is 5.82 Å². The quantitative estimate of drug-likeness (QED) is 0.663. The molecule has 1 aromatic heterocycles. The van der Waals surface area contributed by atoms with Gasteiger partial charge < -0.3 is 20.3 Å². The van der Waals surface area contributed by atoms with Crippen LogP contribution >= 0.6 is 0 Å². The van der Waals surface area contributed by atoms with E-state index in [2.05, 4.69) is 10.3 Å². The van der Waals surface area contributed by atoms with Crippen molar-refractivity contribution >= 4 is 5.82 Å². The minimum atomic E-state index is -0.764. The van der Waals surface area contributed by atoms with Crippen molar-refractivity contribution in [1.29, 1.82) is 0 Å². The average molecular weight is 240 g/mol. The molecule has 1 rings (SSSR count). The van der Waals surface area contributed by atoms with E-state index in [0.717, 1.165) is 0 Å². The topological polar surface area (TPSA) is 74.6 Å². The summed E-state index contributed by atoms with van der Waals surface area (Å²) >= 11 is 0. The maximum atomic E-state index is 9.37. The Labute approximate surface area is 101 Å². The van der Waals surface area contributed by atoms with E-state index >= 15 is 0 Å². The molecule has 1 aromatic rings. The molecule has 96 valence electrons. The van der Waals surface area contributed by atoms with Crippen LogP contribution in [0.5, 0.6) is 5.75 Å². The van der Waals surface area contributed by atoms with Crippen LogP contribution in [-0.4, -0.2) is 40.6 Å². The van der Waals surface area contributed by atoms with Gasteiger partial charge in [-0.05, 0) is 25.5 Å². The van der Waals surface area contributed by atoms with Gasteiger partial charge in [0.15, 0.2) is 11.6 Å². The van der Waals surface area contributed by atoms with E-state index in [1.165, 1.54) is 0 Å². The molecule has 17 heavy (non-hydrogen) atoms. The molecule has 0 aliphatic carbocycles. The first-order chi connectivity index (χ1) is 8.21. The van der Waals surface area contributed by atoms with Gasteiger partial charge in [0.05, 0.1) is 25.4 Å². The fourth-order valence-electron chi connectivity index (χ4n) is 1.45. The second-order valence-corrected chi connectivity index (χ2v) is 3.86. The van der Waals surface area contributed by atoms with E-state index in [1.54, 1.807) is 18.3 Å². The van der Waals surface area contributed by atoms with Crippen LogP contribution in [0.3, 0.4) is 0 Å². The van der Waals surface area contributed by atoms with Crippen LogP contribution in [0, 0.1) is 0 Å². The first-order valence-electron chi connectivity index (χ1n) is 5.79. The Morgan fingerprint density at radius 2 is 2.06 bits per heavy atom. The van der Waals surface area contributed by atoms with Gasteiger partial charge in [-0.2, -0.15) is 0 Å². The first kappa shape index (κ1) is 13.7. The summed E-state index contributed by atoms with van der Waals surface area (Å²) in [6, 6.07) is 3.58. The zero-order chi connectivity index (χ0) is 12.7. The zero-order valence-electron chi connectivity index (χ0n) is 10.3. The number of nitrogens with one attached hydrogen (secondary N) is 1. The lowest BCUT2D eigenvalue weighted by atomic mass is 9.98.